The minimum Gasteiger partial charge on any atom is -0.343 e. The summed E-state index contributed by atoms with van der Waals surface area (Å²) in [6.45, 7) is 1.84. The van der Waals surface area contributed by atoms with Crippen LogP contribution in [0.1, 0.15) is 15.9 Å². The van der Waals surface area contributed by atoms with Gasteiger partial charge in [-0.05, 0) is 35.4 Å². The van der Waals surface area contributed by atoms with Crippen molar-refractivity contribution in [3.8, 4) is 10.7 Å². The molecule has 0 radical (unpaired) electrons. The van der Waals surface area contributed by atoms with E-state index in [1.165, 1.54) is 11.3 Å². The normalized spacial score (nSPS) is 10.5. The molecule has 0 bridgehead atoms. The van der Waals surface area contributed by atoms with Crippen molar-refractivity contribution >= 4 is 40.4 Å². The fraction of sp³-hybridized carbons (Fsp3) is 0.143. The predicted octanol–water partition coefficient (Wildman–Crippen LogP) is 2.27. The summed E-state index contributed by atoms with van der Waals surface area (Å²) in [5.74, 6) is 0.117. The zero-order chi connectivity index (χ0) is 16.2. The van der Waals surface area contributed by atoms with E-state index < -0.39 is 0 Å². The Kier molecular flexibility index (Phi) is 4.49. The quantitative estimate of drug-likeness (QED) is 0.659. The van der Waals surface area contributed by atoms with Gasteiger partial charge in [0.05, 0.1) is 11.4 Å². The van der Waals surface area contributed by atoms with Gasteiger partial charge in [0.1, 0.15) is 0 Å². The summed E-state index contributed by atoms with van der Waals surface area (Å²) < 4.78 is 0. The van der Waals surface area contributed by atoms with Gasteiger partial charge in [0, 0.05) is 10.9 Å². The van der Waals surface area contributed by atoms with Crippen molar-refractivity contribution in [2.75, 3.05) is 11.9 Å². The molecular weight excluding hydrogens is 334 g/mol. The fourth-order valence-electron chi connectivity index (χ4n) is 1.86. The number of nitrogens with one attached hydrogen (secondary N) is 3. The summed E-state index contributed by atoms with van der Waals surface area (Å²) in [5.41, 5.74) is 1.63. The molecule has 0 aliphatic rings. The third-order valence-electron chi connectivity index (χ3n) is 3.01. The molecule has 3 aromatic heterocycles. The van der Waals surface area contributed by atoms with Crippen molar-refractivity contribution in [1.82, 2.24) is 20.5 Å². The van der Waals surface area contributed by atoms with E-state index in [4.69, 9.17) is 0 Å². The van der Waals surface area contributed by atoms with Gasteiger partial charge in [0.2, 0.25) is 11.9 Å². The van der Waals surface area contributed by atoms with E-state index in [0.29, 0.717) is 11.4 Å². The van der Waals surface area contributed by atoms with Crippen molar-refractivity contribution in [3.63, 3.8) is 0 Å². The van der Waals surface area contributed by atoms with E-state index >= 15 is 0 Å². The number of hydrogen-bond donors (Lipinski definition) is 3. The Hall–Kier alpha value is -2.52. The van der Waals surface area contributed by atoms with Gasteiger partial charge in [0.25, 0.3) is 5.91 Å². The standard InChI is InChI=1S/C14H13N5O2S2/c1-8-2-5-23-11(8)12-17-14(19-18-12)16-10(20)6-15-13(21)9-3-4-22-7-9/h2-5,7H,6H2,1H3,(H,15,21)(H2,16,17,18,19,20). The van der Waals surface area contributed by atoms with E-state index in [0.717, 1.165) is 10.4 Å². The maximum absolute atomic E-state index is 11.8. The summed E-state index contributed by atoms with van der Waals surface area (Å²) in [4.78, 5) is 28.8. The lowest BCUT2D eigenvalue weighted by atomic mass is 10.3. The lowest BCUT2D eigenvalue weighted by Crippen LogP contribution is -2.32. The van der Waals surface area contributed by atoms with Crippen LogP contribution in [0.4, 0.5) is 5.95 Å². The van der Waals surface area contributed by atoms with Gasteiger partial charge in [-0.15, -0.1) is 16.4 Å². The maximum atomic E-state index is 11.8. The highest BCUT2D eigenvalue weighted by Gasteiger charge is 2.12. The lowest BCUT2D eigenvalue weighted by molar-refractivity contribution is -0.115. The van der Waals surface area contributed by atoms with Gasteiger partial charge in [0.15, 0.2) is 5.82 Å². The topological polar surface area (TPSA) is 99.8 Å². The number of amides is 2. The van der Waals surface area contributed by atoms with Gasteiger partial charge in [-0.25, -0.2) is 0 Å². The Morgan fingerprint density at radius 1 is 1.30 bits per heavy atom. The van der Waals surface area contributed by atoms with E-state index in [1.54, 1.807) is 28.2 Å². The van der Waals surface area contributed by atoms with Crippen LogP contribution in [0.5, 0.6) is 0 Å². The van der Waals surface area contributed by atoms with Gasteiger partial charge in [-0.3, -0.25) is 20.0 Å². The van der Waals surface area contributed by atoms with Crippen LogP contribution in [0.15, 0.2) is 28.3 Å². The summed E-state index contributed by atoms with van der Waals surface area (Å²) in [7, 11) is 0. The van der Waals surface area contributed by atoms with E-state index in [-0.39, 0.29) is 24.3 Å². The Bertz CT molecular complexity index is 822. The summed E-state index contributed by atoms with van der Waals surface area (Å²) >= 11 is 2.97. The van der Waals surface area contributed by atoms with Crippen molar-refractivity contribution < 1.29 is 9.59 Å². The smallest absolute Gasteiger partial charge is 0.252 e. The van der Waals surface area contributed by atoms with Crippen LogP contribution in [0.2, 0.25) is 0 Å². The van der Waals surface area contributed by atoms with Crippen LogP contribution >= 0.6 is 22.7 Å². The second-order valence-electron chi connectivity index (χ2n) is 4.68. The number of rotatable bonds is 5. The number of nitrogens with zero attached hydrogens (tertiary/aromatic N) is 2. The number of H-pyrrole nitrogens is 1. The molecule has 0 aromatic carbocycles. The summed E-state index contributed by atoms with van der Waals surface area (Å²) in [5, 5.41) is 17.3. The Labute approximate surface area is 139 Å². The third-order valence-corrected chi connectivity index (χ3v) is 4.71. The number of carbonyl (C=O) groups excluding carboxylic acids is 2. The molecule has 0 unspecified atom stereocenters. The molecule has 0 fully saturated rings. The minimum absolute atomic E-state index is 0.142. The molecule has 23 heavy (non-hydrogen) atoms. The molecule has 9 heteroatoms. The van der Waals surface area contributed by atoms with Crippen LogP contribution in [0, 0.1) is 6.92 Å². The van der Waals surface area contributed by atoms with Gasteiger partial charge in [-0.2, -0.15) is 16.3 Å². The second kappa shape index (κ2) is 6.71. The minimum atomic E-state index is -0.387. The number of thiophene rings is 2. The number of carbonyl (C=O) groups is 2. The van der Waals surface area contributed by atoms with Gasteiger partial charge in [-0.1, -0.05) is 0 Å². The molecule has 7 nitrogen and oxygen atoms in total. The maximum Gasteiger partial charge on any atom is 0.252 e. The SMILES string of the molecule is Cc1ccsc1-c1nc(NC(=O)CNC(=O)c2ccsc2)n[nH]1. The zero-order valence-electron chi connectivity index (χ0n) is 12.1. The van der Waals surface area contributed by atoms with Crippen LogP contribution < -0.4 is 10.6 Å². The summed E-state index contributed by atoms with van der Waals surface area (Å²) in [6, 6.07) is 3.68. The largest absolute Gasteiger partial charge is 0.343 e. The first kappa shape index (κ1) is 15.4. The van der Waals surface area contributed by atoms with Crippen molar-refractivity contribution in [2.45, 2.75) is 6.92 Å². The van der Waals surface area contributed by atoms with Crippen LogP contribution in [0.25, 0.3) is 10.7 Å². The highest BCUT2D eigenvalue weighted by Crippen LogP contribution is 2.26. The van der Waals surface area contributed by atoms with Crippen LogP contribution in [-0.4, -0.2) is 33.5 Å². The average molecular weight is 347 g/mol. The number of anilines is 1. The molecular formula is C14H13N5O2S2. The van der Waals surface area contributed by atoms with Crippen molar-refractivity contribution in [2.24, 2.45) is 0 Å². The Morgan fingerprint density at radius 2 is 2.17 bits per heavy atom. The van der Waals surface area contributed by atoms with Crippen molar-refractivity contribution in [3.05, 3.63) is 39.4 Å². The molecule has 0 aliphatic heterocycles. The molecule has 0 saturated carbocycles. The van der Waals surface area contributed by atoms with Gasteiger partial charge >= 0.3 is 0 Å². The molecule has 3 N–H and O–H groups in total. The molecule has 0 atom stereocenters. The Balaban J connectivity index is 1.55. The molecule has 3 heterocycles. The van der Waals surface area contributed by atoms with E-state index in [2.05, 4.69) is 25.8 Å². The highest BCUT2D eigenvalue weighted by atomic mass is 32.1. The molecule has 2 amide bonds. The fourth-order valence-corrected chi connectivity index (χ4v) is 3.36. The number of aryl methyl sites for hydroxylation is 1. The predicted molar refractivity (Wildman–Crippen MR) is 89.7 cm³/mol. The third kappa shape index (κ3) is 3.63. The zero-order valence-corrected chi connectivity index (χ0v) is 13.8. The molecule has 3 aromatic rings. The molecule has 0 spiro atoms. The molecule has 118 valence electrons. The van der Waals surface area contributed by atoms with Crippen LogP contribution in [0.3, 0.4) is 0 Å². The number of aromatic nitrogens is 3. The number of hydrogen-bond acceptors (Lipinski definition) is 6. The first-order valence-electron chi connectivity index (χ1n) is 6.70. The molecule has 3 rings (SSSR count). The van der Waals surface area contributed by atoms with E-state index in [1.807, 2.05) is 18.4 Å². The highest BCUT2D eigenvalue weighted by molar-refractivity contribution is 7.13. The Morgan fingerprint density at radius 3 is 2.87 bits per heavy atom. The first-order valence-corrected chi connectivity index (χ1v) is 8.53. The van der Waals surface area contributed by atoms with E-state index in [9.17, 15) is 9.59 Å². The summed E-state index contributed by atoms with van der Waals surface area (Å²) in [6.07, 6.45) is 0. The van der Waals surface area contributed by atoms with Gasteiger partial charge < -0.3 is 5.32 Å². The average Bonchev–Trinajstić information content (AvgIpc) is 3.25. The lowest BCUT2D eigenvalue weighted by Gasteiger charge is -2.03. The monoisotopic (exact) mass is 347 g/mol. The second-order valence-corrected chi connectivity index (χ2v) is 6.38. The first-order chi connectivity index (χ1) is 11.1. The van der Waals surface area contributed by atoms with Crippen LogP contribution in [-0.2, 0) is 4.79 Å². The molecule has 0 saturated heterocycles. The van der Waals surface area contributed by atoms with Crippen molar-refractivity contribution in [1.29, 1.82) is 0 Å². The molecule has 0 aliphatic carbocycles. The number of aromatic amines is 1.